The van der Waals surface area contributed by atoms with Gasteiger partial charge in [-0.1, -0.05) is 29.8 Å². The molecule has 0 saturated carbocycles. The van der Waals surface area contributed by atoms with Crippen LogP contribution in [-0.2, 0) is 12.1 Å². The lowest BCUT2D eigenvalue weighted by molar-refractivity contribution is 0.197. The number of aliphatic hydroxyl groups excluding tert-OH is 1. The van der Waals surface area contributed by atoms with Crippen LogP contribution in [0.1, 0.15) is 18.1 Å². The number of hydrogen-bond acceptors (Lipinski definition) is 4. The Kier molecular flexibility index (Phi) is 5.29. The summed E-state index contributed by atoms with van der Waals surface area (Å²) in [5.41, 5.74) is 2.19. The van der Waals surface area contributed by atoms with Crippen molar-refractivity contribution in [3.05, 3.63) is 58.4 Å². The molecule has 0 aliphatic carbocycles. The molecular weight excluding hydrogens is 409 g/mol. The number of carbonyl (C=O) groups excluding carboxylic acids is 1. The Balaban J connectivity index is 1.63. The Bertz CT molecular complexity index is 1100. The number of aromatic amines is 1. The molecule has 1 saturated heterocycles. The topological polar surface area (TPSA) is 84.5 Å². The SMILES string of the molecule is CN1CCN(Cc2cccc3[nH]c(NC(C)(CO)c4ccc(F)c(Cl)c4)nc23)C1=O. The quantitative estimate of drug-likeness (QED) is 0.557. The minimum absolute atomic E-state index is 0.00179. The van der Waals surface area contributed by atoms with Crippen molar-refractivity contribution in [1.82, 2.24) is 19.8 Å². The lowest BCUT2D eigenvalue weighted by atomic mass is 9.93. The van der Waals surface area contributed by atoms with E-state index in [1.54, 1.807) is 29.8 Å². The van der Waals surface area contributed by atoms with Crippen molar-refractivity contribution in [2.24, 2.45) is 0 Å². The number of nitrogens with zero attached hydrogens (tertiary/aromatic N) is 3. The molecule has 30 heavy (non-hydrogen) atoms. The number of aliphatic hydroxyl groups is 1. The van der Waals surface area contributed by atoms with Gasteiger partial charge in [0.25, 0.3) is 0 Å². The smallest absolute Gasteiger partial charge is 0.320 e. The van der Waals surface area contributed by atoms with Crippen LogP contribution in [0.15, 0.2) is 36.4 Å². The first-order valence-electron chi connectivity index (χ1n) is 9.63. The number of benzene rings is 2. The first-order valence-corrected chi connectivity index (χ1v) is 10.0. The standard InChI is InChI=1S/C21H23ClFN5O2/c1-21(12-29,14-6-7-16(23)15(22)10-14)26-19-24-17-5-3-4-13(18(17)25-19)11-28-9-8-27(2)20(28)30/h3-7,10,29H,8-9,11-12H2,1-2H3,(H2,24,25,26). The van der Waals surface area contributed by atoms with Crippen molar-refractivity contribution in [3.63, 3.8) is 0 Å². The maximum Gasteiger partial charge on any atom is 0.320 e. The van der Waals surface area contributed by atoms with Crippen molar-refractivity contribution in [2.75, 3.05) is 32.1 Å². The van der Waals surface area contributed by atoms with E-state index in [0.717, 1.165) is 16.6 Å². The Morgan fingerprint density at radius 2 is 2.13 bits per heavy atom. The number of H-pyrrole nitrogens is 1. The summed E-state index contributed by atoms with van der Waals surface area (Å²) in [6.45, 7) is 3.37. The lowest BCUT2D eigenvalue weighted by Crippen LogP contribution is -2.36. The average Bonchev–Trinajstić information content (AvgIpc) is 3.28. The zero-order valence-corrected chi connectivity index (χ0v) is 17.5. The normalized spacial score (nSPS) is 16.4. The lowest BCUT2D eigenvalue weighted by Gasteiger charge is -2.29. The molecule has 1 aromatic heterocycles. The van der Waals surface area contributed by atoms with Crippen LogP contribution in [0.25, 0.3) is 11.0 Å². The van der Waals surface area contributed by atoms with Gasteiger partial charge in [0.15, 0.2) is 0 Å². The van der Waals surface area contributed by atoms with Crippen LogP contribution in [0.5, 0.6) is 0 Å². The summed E-state index contributed by atoms with van der Waals surface area (Å²) in [7, 11) is 1.79. The Morgan fingerprint density at radius 3 is 2.80 bits per heavy atom. The molecule has 0 spiro atoms. The molecule has 1 aliphatic rings. The largest absolute Gasteiger partial charge is 0.394 e. The fourth-order valence-corrected chi connectivity index (χ4v) is 3.82. The van der Waals surface area contributed by atoms with Crippen molar-refractivity contribution < 1.29 is 14.3 Å². The number of carbonyl (C=O) groups is 1. The highest BCUT2D eigenvalue weighted by Gasteiger charge is 2.29. The fourth-order valence-electron chi connectivity index (χ4n) is 3.64. The number of halogens is 2. The zero-order valence-electron chi connectivity index (χ0n) is 16.7. The summed E-state index contributed by atoms with van der Waals surface area (Å²) < 4.78 is 13.6. The number of aromatic nitrogens is 2. The van der Waals surface area contributed by atoms with E-state index in [9.17, 15) is 14.3 Å². The first kappa shape index (κ1) is 20.4. The number of rotatable bonds is 6. The highest BCUT2D eigenvalue weighted by atomic mass is 35.5. The molecule has 3 aromatic rings. The van der Waals surface area contributed by atoms with Gasteiger partial charge in [-0.05, 0) is 36.2 Å². The summed E-state index contributed by atoms with van der Waals surface area (Å²) in [6.07, 6.45) is 0. The van der Waals surface area contributed by atoms with Crippen LogP contribution in [0, 0.1) is 5.82 Å². The molecule has 2 heterocycles. The summed E-state index contributed by atoms with van der Waals surface area (Å²) in [4.78, 5) is 23.6. The van der Waals surface area contributed by atoms with E-state index in [4.69, 9.17) is 11.6 Å². The number of nitrogens with one attached hydrogen (secondary N) is 2. The third-order valence-electron chi connectivity index (χ3n) is 5.53. The Morgan fingerprint density at radius 1 is 1.33 bits per heavy atom. The van der Waals surface area contributed by atoms with Crippen LogP contribution in [0.2, 0.25) is 5.02 Å². The van der Waals surface area contributed by atoms with E-state index in [2.05, 4.69) is 15.3 Å². The number of amides is 2. The van der Waals surface area contributed by atoms with E-state index in [-0.39, 0.29) is 17.7 Å². The maximum absolute atomic E-state index is 13.6. The molecule has 9 heteroatoms. The number of fused-ring (bicyclic) bond motifs is 1. The molecule has 2 aromatic carbocycles. The van der Waals surface area contributed by atoms with Crippen LogP contribution in [0.3, 0.4) is 0 Å². The number of imidazole rings is 1. The Labute approximate surface area is 178 Å². The van der Waals surface area contributed by atoms with Gasteiger partial charge in [-0.25, -0.2) is 14.2 Å². The third kappa shape index (κ3) is 3.68. The van der Waals surface area contributed by atoms with Crippen LogP contribution in [-0.4, -0.2) is 57.6 Å². The molecule has 1 fully saturated rings. The molecule has 1 unspecified atom stereocenters. The van der Waals surface area contributed by atoms with Crippen LogP contribution >= 0.6 is 11.6 Å². The third-order valence-corrected chi connectivity index (χ3v) is 5.82. The number of urea groups is 1. The second kappa shape index (κ2) is 7.77. The zero-order chi connectivity index (χ0) is 21.5. The number of hydrogen-bond donors (Lipinski definition) is 3. The summed E-state index contributed by atoms with van der Waals surface area (Å²) in [6, 6.07) is 10.1. The molecule has 7 nitrogen and oxygen atoms in total. The minimum Gasteiger partial charge on any atom is -0.394 e. The van der Waals surface area contributed by atoms with Gasteiger partial charge in [0.2, 0.25) is 5.95 Å². The molecule has 3 N–H and O–H groups in total. The Hall–Kier alpha value is -2.84. The van der Waals surface area contributed by atoms with Crippen molar-refractivity contribution >= 4 is 34.6 Å². The van der Waals surface area contributed by atoms with Gasteiger partial charge in [0, 0.05) is 26.7 Å². The summed E-state index contributed by atoms with van der Waals surface area (Å²) in [5.74, 6) is -0.0597. The molecule has 2 amide bonds. The second-order valence-corrected chi connectivity index (χ2v) is 8.18. The van der Waals surface area contributed by atoms with E-state index >= 15 is 0 Å². The molecule has 0 radical (unpaired) electrons. The predicted octanol–water partition coefficient (Wildman–Crippen LogP) is 3.54. The van der Waals surface area contributed by atoms with E-state index in [0.29, 0.717) is 31.1 Å². The van der Waals surface area contributed by atoms with E-state index in [1.165, 1.54) is 12.1 Å². The highest BCUT2D eigenvalue weighted by Crippen LogP contribution is 2.29. The number of likely N-dealkylation sites (N-methyl/N-ethyl adjacent to an activating group) is 1. The van der Waals surface area contributed by atoms with E-state index < -0.39 is 11.4 Å². The minimum atomic E-state index is -0.932. The molecule has 158 valence electrons. The van der Waals surface area contributed by atoms with Crippen LogP contribution < -0.4 is 5.32 Å². The van der Waals surface area contributed by atoms with Gasteiger partial charge in [0.1, 0.15) is 5.82 Å². The average molecular weight is 432 g/mol. The molecule has 0 bridgehead atoms. The van der Waals surface area contributed by atoms with Crippen molar-refractivity contribution in [2.45, 2.75) is 19.0 Å². The number of anilines is 1. The number of para-hydroxylation sites is 1. The van der Waals surface area contributed by atoms with Gasteiger partial charge in [-0.15, -0.1) is 0 Å². The van der Waals surface area contributed by atoms with Crippen LogP contribution in [0.4, 0.5) is 15.1 Å². The van der Waals surface area contributed by atoms with Crippen molar-refractivity contribution in [3.8, 4) is 0 Å². The highest BCUT2D eigenvalue weighted by molar-refractivity contribution is 6.30. The fraction of sp³-hybridized carbons (Fsp3) is 0.333. The van der Waals surface area contributed by atoms with E-state index in [1.807, 2.05) is 18.2 Å². The second-order valence-electron chi connectivity index (χ2n) is 7.77. The monoisotopic (exact) mass is 431 g/mol. The summed E-state index contributed by atoms with van der Waals surface area (Å²) in [5, 5.41) is 13.2. The van der Waals surface area contributed by atoms with Crippen molar-refractivity contribution in [1.29, 1.82) is 0 Å². The molecule has 1 atom stereocenters. The van der Waals surface area contributed by atoms with Gasteiger partial charge in [0.05, 0.1) is 28.2 Å². The van der Waals surface area contributed by atoms with Gasteiger partial charge in [-0.3, -0.25) is 0 Å². The van der Waals surface area contributed by atoms with Gasteiger partial charge in [-0.2, -0.15) is 0 Å². The van der Waals surface area contributed by atoms with Gasteiger partial charge < -0.3 is 25.2 Å². The molecular formula is C21H23ClFN5O2. The predicted molar refractivity (Wildman–Crippen MR) is 114 cm³/mol. The van der Waals surface area contributed by atoms with Gasteiger partial charge >= 0.3 is 6.03 Å². The first-order chi connectivity index (χ1) is 14.3. The molecule has 1 aliphatic heterocycles. The summed E-state index contributed by atoms with van der Waals surface area (Å²) >= 11 is 5.92. The maximum atomic E-state index is 13.6. The molecule has 4 rings (SSSR count).